The van der Waals surface area contributed by atoms with Crippen LogP contribution < -0.4 is 11.3 Å². The molecule has 0 aromatic heterocycles. The Morgan fingerprint density at radius 2 is 2.08 bits per heavy atom. The number of nitrogens with two attached hydrogens (primary N) is 1. The van der Waals surface area contributed by atoms with Gasteiger partial charge in [-0.1, -0.05) is 0 Å². The standard InChI is InChI=1S/C9H22N2O2/c1-8(13-3)7-9(11-10)5-4-6-12-2/h8-9,11H,4-7,10H2,1-3H3. The maximum absolute atomic E-state index is 5.41. The first-order valence-electron chi connectivity index (χ1n) is 4.72. The first-order valence-corrected chi connectivity index (χ1v) is 4.72. The maximum Gasteiger partial charge on any atom is 0.0558 e. The highest BCUT2D eigenvalue weighted by molar-refractivity contribution is 4.67. The van der Waals surface area contributed by atoms with Gasteiger partial charge in [0.15, 0.2) is 0 Å². The fourth-order valence-electron chi connectivity index (χ4n) is 1.24. The van der Waals surface area contributed by atoms with Gasteiger partial charge in [0.05, 0.1) is 6.10 Å². The molecule has 0 heterocycles. The van der Waals surface area contributed by atoms with E-state index in [1.807, 2.05) is 6.92 Å². The van der Waals surface area contributed by atoms with Crippen molar-refractivity contribution in [2.75, 3.05) is 20.8 Å². The van der Waals surface area contributed by atoms with Crippen LogP contribution in [0.4, 0.5) is 0 Å². The van der Waals surface area contributed by atoms with Crippen LogP contribution in [0.3, 0.4) is 0 Å². The SMILES string of the molecule is COCCCC(CC(C)OC)NN. The summed E-state index contributed by atoms with van der Waals surface area (Å²) in [5, 5.41) is 0. The number of nitrogens with one attached hydrogen (secondary N) is 1. The lowest BCUT2D eigenvalue weighted by Gasteiger charge is -2.19. The van der Waals surface area contributed by atoms with Gasteiger partial charge in [-0.25, -0.2) is 0 Å². The lowest BCUT2D eigenvalue weighted by molar-refractivity contribution is 0.0972. The number of hydrogen-bond acceptors (Lipinski definition) is 4. The largest absolute Gasteiger partial charge is 0.385 e. The van der Waals surface area contributed by atoms with Crippen LogP contribution in [-0.2, 0) is 9.47 Å². The first kappa shape index (κ1) is 12.8. The zero-order valence-electron chi connectivity index (χ0n) is 8.88. The Labute approximate surface area is 80.7 Å². The molecule has 0 amide bonds. The molecule has 0 spiro atoms. The quantitative estimate of drug-likeness (QED) is 0.335. The Hall–Kier alpha value is -0.160. The Bertz CT molecular complexity index is 112. The molecule has 80 valence electrons. The van der Waals surface area contributed by atoms with Crippen LogP contribution in [0, 0.1) is 0 Å². The molecule has 0 rings (SSSR count). The number of ether oxygens (including phenoxy) is 2. The molecular weight excluding hydrogens is 168 g/mol. The van der Waals surface area contributed by atoms with Crippen molar-refractivity contribution in [2.45, 2.75) is 38.3 Å². The molecule has 0 aromatic rings. The van der Waals surface area contributed by atoms with Gasteiger partial charge < -0.3 is 9.47 Å². The summed E-state index contributed by atoms with van der Waals surface area (Å²) in [4.78, 5) is 0. The van der Waals surface area contributed by atoms with Crippen molar-refractivity contribution < 1.29 is 9.47 Å². The Kier molecular flexibility index (Phi) is 8.33. The molecule has 2 atom stereocenters. The molecule has 0 aliphatic carbocycles. The second-order valence-corrected chi connectivity index (χ2v) is 3.28. The number of hydrazine groups is 1. The normalized spacial score (nSPS) is 15.7. The van der Waals surface area contributed by atoms with E-state index < -0.39 is 0 Å². The highest BCUT2D eigenvalue weighted by Crippen LogP contribution is 2.06. The summed E-state index contributed by atoms with van der Waals surface area (Å²) in [5.74, 6) is 5.41. The summed E-state index contributed by atoms with van der Waals surface area (Å²) in [6.07, 6.45) is 3.25. The molecule has 4 nitrogen and oxygen atoms in total. The molecule has 4 heteroatoms. The molecule has 0 radical (unpaired) electrons. The average Bonchev–Trinajstić information content (AvgIpc) is 2.16. The van der Waals surface area contributed by atoms with Gasteiger partial charge in [0.2, 0.25) is 0 Å². The van der Waals surface area contributed by atoms with Crippen molar-refractivity contribution in [3.63, 3.8) is 0 Å². The zero-order chi connectivity index (χ0) is 10.1. The monoisotopic (exact) mass is 190 g/mol. The third-order valence-electron chi connectivity index (χ3n) is 2.16. The second kappa shape index (κ2) is 8.44. The molecular formula is C9H22N2O2. The summed E-state index contributed by atoms with van der Waals surface area (Å²) >= 11 is 0. The van der Waals surface area contributed by atoms with E-state index in [1.165, 1.54) is 0 Å². The fourth-order valence-corrected chi connectivity index (χ4v) is 1.24. The van der Waals surface area contributed by atoms with Gasteiger partial charge >= 0.3 is 0 Å². The first-order chi connectivity index (χ1) is 6.24. The van der Waals surface area contributed by atoms with Gasteiger partial charge in [0, 0.05) is 26.9 Å². The molecule has 0 bridgehead atoms. The van der Waals surface area contributed by atoms with E-state index in [1.54, 1.807) is 14.2 Å². The predicted octanol–water partition coefficient (Wildman–Crippen LogP) is 0.670. The lowest BCUT2D eigenvalue weighted by Crippen LogP contribution is -2.37. The molecule has 0 saturated carbocycles. The van der Waals surface area contributed by atoms with Crippen LogP contribution in [0.25, 0.3) is 0 Å². The summed E-state index contributed by atoms with van der Waals surface area (Å²) in [5.41, 5.74) is 2.79. The summed E-state index contributed by atoms with van der Waals surface area (Å²) in [6, 6.07) is 0.324. The Balaban J connectivity index is 3.50. The number of methoxy groups -OCH3 is 2. The van der Waals surface area contributed by atoms with Crippen LogP contribution in [0.15, 0.2) is 0 Å². The smallest absolute Gasteiger partial charge is 0.0558 e. The van der Waals surface area contributed by atoms with Gasteiger partial charge in [0.25, 0.3) is 0 Å². The van der Waals surface area contributed by atoms with Gasteiger partial charge in [-0.3, -0.25) is 11.3 Å². The van der Waals surface area contributed by atoms with E-state index in [0.717, 1.165) is 25.9 Å². The average molecular weight is 190 g/mol. The molecule has 2 unspecified atom stereocenters. The van der Waals surface area contributed by atoms with Crippen molar-refractivity contribution in [2.24, 2.45) is 5.84 Å². The summed E-state index contributed by atoms with van der Waals surface area (Å²) in [7, 11) is 3.43. The minimum absolute atomic E-state index is 0.253. The predicted molar refractivity (Wildman–Crippen MR) is 53.3 cm³/mol. The van der Waals surface area contributed by atoms with Crippen LogP contribution >= 0.6 is 0 Å². The minimum Gasteiger partial charge on any atom is -0.385 e. The van der Waals surface area contributed by atoms with Crippen molar-refractivity contribution in [3.8, 4) is 0 Å². The Morgan fingerprint density at radius 3 is 2.54 bits per heavy atom. The van der Waals surface area contributed by atoms with E-state index >= 15 is 0 Å². The number of rotatable bonds is 8. The highest BCUT2D eigenvalue weighted by atomic mass is 16.5. The number of hydrogen-bond donors (Lipinski definition) is 2. The molecule has 0 fully saturated rings. The van der Waals surface area contributed by atoms with E-state index in [4.69, 9.17) is 15.3 Å². The van der Waals surface area contributed by atoms with Crippen LogP contribution in [0.2, 0.25) is 0 Å². The molecule has 13 heavy (non-hydrogen) atoms. The second-order valence-electron chi connectivity index (χ2n) is 3.28. The maximum atomic E-state index is 5.41. The van der Waals surface area contributed by atoms with Gasteiger partial charge in [-0.05, 0) is 26.2 Å². The van der Waals surface area contributed by atoms with Crippen molar-refractivity contribution in [1.82, 2.24) is 5.43 Å². The highest BCUT2D eigenvalue weighted by Gasteiger charge is 2.10. The van der Waals surface area contributed by atoms with E-state index in [2.05, 4.69) is 5.43 Å². The molecule has 0 saturated heterocycles. The molecule has 0 aliphatic heterocycles. The van der Waals surface area contributed by atoms with Crippen molar-refractivity contribution >= 4 is 0 Å². The zero-order valence-corrected chi connectivity index (χ0v) is 8.88. The molecule has 0 aliphatic rings. The third-order valence-corrected chi connectivity index (χ3v) is 2.16. The van der Waals surface area contributed by atoms with Crippen LogP contribution in [0.5, 0.6) is 0 Å². The Morgan fingerprint density at radius 1 is 1.38 bits per heavy atom. The van der Waals surface area contributed by atoms with Gasteiger partial charge in [-0.2, -0.15) is 0 Å². The summed E-state index contributed by atoms with van der Waals surface area (Å²) in [6.45, 7) is 2.83. The fraction of sp³-hybridized carbons (Fsp3) is 1.00. The minimum atomic E-state index is 0.253. The van der Waals surface area contributed by atoms with E-state index in [0.29, 0.717) is 6.04 Å². The van der Waals surface area contributed by atoms with Gasteiger partial charge in [-0.15, -0.1) is 0 Å². The van der Waals surface area contributed by atoms with E-state index in [9.17, 15) is 0 Å². The van der Waals surface area contributed by atoms with Crippen molar-refractivity contribution in [1.29, 1.82) is 0 Å². The van der Waals surface area contributed by atoms with E-state index in [-0.39, 0.29) is 6.10 Å². The topological polar surface area (TPSA) is 56.5 Å². The van der Waals surface area contributed by atoms with Crippen LogP contribution in [0.1, 0.15) is 26.2 Å². The lowest BCUT2D eigenvalue weighted by atomic mass is 10.1. The summed E-state index contributed by atoms with van der Waals surface area (Å²) < 4.78 is 10.1. The van der Waals surface area contributed by atoms with Crippen LogP contribution in [-0.4, -0.2) is 33.0 Å². The third kappa shape index (κ3) is 6.95. The molecule has 0 aromatic carbocycles. The molecule has 3 N–H and O–H groups in total. The van der Waals surface area contributed by atoms with Crippen molar-refractivity contribution in [3.05, 3.63) is 0 Å². The van der Waals surface area contributed by atoms with Gasteiger partial charge in [0.1, 0.15) is 0 Å².